The predicted molar refractivity (Wildman–Crippen MR) is 87.4 cm³/mol. The highest BCUT2D eigenvalue weighted by molar-refractivity contribution is 6.32. The lowest BCUT2D eigenvalue weighted by molar-refractivity contribution is 0.0930. The van der Waals surface area contributed by atoms with Crippen molar-refractivity contribution in [2.24, 2.45) is 0 Å². The van der Waals surface area contributed by atoms with Crippen molar-refractivity contribution in [3.05, 3.63) is 63.7 Å². The van der Waals surface area contributed by atoms with E-state index in [2.05, 4.69) is 30.4 Å². The molecule has 0 saturated carbocycles. The highest BCUT2D eigenvalue weighted by Gasteiger charge is 2.23. The van der Waals surface area contributed by atoms with E-state index < -0.39 is 0 Å². The molecule has 0 saturated heterocycles. The molecule has 2 N–H and O–H groups in total. The van der Waals surface area contributed by atoms with E-state index in [1.165, 1.54) is 16.7 Å². The van der Waals surface area contributed by atoms with E-state index in [9.17, 15) is 9.90 Å². The summed E-state index contributed by atoms with van der Waals surface area (Å²) in [5, 5.41) is 13.2. The van der Waals surface area contributed by atoms with Gasteiger partial charge in [0, 0.05) is 0 Å². The summed E-state index contributed by atoms with van der Waals surface area (Å²) in [5.74, 6) is -0.457. The SMILES string of the molecule is Cc1ccc2c(c1)C(NC(=O)c1cccc(Cl)c1O)CCC2. The Morgan fingerprint density at radius 3 is 2.95 bits per heavy atom. The Kier molecular flexibility index (Phi) is 4.08. The summed E-state index contributed by atoms with van der Waals surface area (Å²) in [4.78, 5) is 12.5. The van der Waals surface area contributed by atoms with Crippen molar-refractivity contribution in [2.75, 3.05) is 0 Å². The second-order valence-corrected chi connectivity index (χ2v) is 6.16. The van der Waals surface area contributed by atoms with Crippen molar-refractivity contribution in [3.8, 4) is 5.75 Å². The topological polar surface area (TPSA) is 49.3 Å². The molecule has 1 aliphatic carbocycles. The number of benzene rings is 2. The summed E-state index contributed by atoms with van der Waals surface area (Å²) >= 11 is 5.87. The maximum atomic E-state index is 12.5. The van der Waals surface area contributed by atoms with Crippen LogP contribution in [-0.2, 0) is 6.42 Å². The Balaban J connectivity index is 1.87. The molecular formula is C18H18ClNO2. The predicted octanol–water partition coefficient (Wildman–Crippen LogP) is 4.16. The van der Waals surface area contributed by atoms with E-state index in [1.807, 2.05) is 0 Å². The molecule has 4 heteroatoms. The molecule has 1 unspecified atom stereocenters. The minimum atomic E-state index is -0.292. The first-order valence-corrected chi connectivity index (χ1v) is 7.82. The number of aromatic hydroxyl groups is 1. The average Bonchev–Trinajstić information content (AvgIpc) is 2.50. The van der Waals surface area contributed by atoms with Crippen molar-refractivity contribution in [2.45, 2.75) is 32.2 Å². The number of amides is 1. The summed E-state index contributed by atoms with van der Waals surface area (Å²) in [6, 6.07) is 11.2. The molecule has 1 amide bonds. The molecule has 3 nitrogen and oxygen atoms in total. The summed E-state index contributed by atoms with van der Waals surface area (Å²) in [6.45, 7) is 2.05. The minimum Gasteiger partial charge on any atom is -0.506 e. The fraction of sp³-hybridized carbons (Fsp3) is 0.278. The number of hydrogen-bond donors (Lipinski definition) is 2. The third-order valence-electron chi connectivity index (χ3n) is 4.15. The first-order valence-electron chi connectivity index (χ1n) is 7.44. The molecule has 3 rings (SSSR count). The van der Waals surface area contributed by atoms with E-state index >= 15 is 0 Å². The molecule has 1 atom stereocenters. The van der Waals surface area contributed by atoms with Gasteiger partial charge in [0.25, 0.3) is 5.91 Å². The molecule has 2 aromatic carbocycles. The Morgan fingerprint density at radius 2 is 2.14 bits per heavy atom. The number of carbonyl (C=O) groups is 1. The number of hydrogen-bond acceptors (Lipinski definition) is 2. The monoisotopic (exact) mass is 315 g/mol. The number of phenolic OH excluding ortho intramolecular Hbond substituents is 1. The Morgan fingerprint density at radius 1 is 1.32 bits per heavy atom. The largest absolute Gasteiger partial charge is 0.506 e. The van der Waals surface area contributed by atoms with Crippen LogP contribution in [0.3, 0.4) is 0 Å². The number of carbonyl (C=O) groups excluding carboxylic acids is 1. The van der Waals surface area contributed by atoms with Gasteiger partial charge in [-0.1, -0.05) is 41.4 Å². The number of fused-ring (bicyclic) bond motifs is 1. The van der Waals surface area contributed by atoms with Crippen LogP contribution in [0, 0.1) is 6.92 Å². The standard InChI is InChI=1S/C18H18ClNO2/c1-11-8-9-12-4-2-7-16(14(12)10-11)20-18(22)13-5-3-6-15(19)17(13)21/h3,5-6,8-10,16,21H,2,4,7H2,1H3,(H,20,22). The van der Waals surface area contributed by atoms with Crippen LogP contribution in [0.5, 0.6) is 5.75 Å². The second kappa shape index (κ2) is 6.01. The van der Waals surface area contributed by atoms with Gasteiger partial charge < -0.3 is 10.4 Å². The zero-order valence-corrected chi connectivity index (χ0v) is 13.2. The first-order chi connectivity index (χ1) is 10.6. The first kappa shape index (κ1) is 14.9. The third-order valence-corrected chi connectivity index (χ3v) is 4.46. The Hall–Kier alpha value is -2.00. The van der Waals surface area contributed by atoms with Crippen LogP contribution in [0.4, 0.5) is 0 Å². The van der Waals surface area contributed by atoms with Gasteiger partial charge in [0.1, 0.15) is 5.75 Å². The number of para-hydroxylation sites is 1. The smallest absolute Gasteiger partial charge is 0.255 e. The maximum Gasteiger partial charge on any atom is 0.255 e. The normalized spacial score (nSPS) is 16.9. The van der Waals surface area contributed by atoms with Crippen LogP contribution in [0.15, 0.2) is 36.4 Å². The highest BCUT2D eigenvalue weighted by atomic mass is 35.5. The van der Waals surface area contributed by atoms with Gasteiger partial charge >= 0.3 is 0 Å². The van der Waals surface area contributed by atoms with Crippen LogP contribution in [-0.4, -0.2) is 11.0 Å². The third kappa shape index (κ3) is 2.81. The number of phenols is 1. The highest BCUT2D eigenvalue weighted by Crippen LogP contribution is 2.32. The molecular weight excluding hydrogens is 298 g/mol. The van der Waals surface area contributed by atoms with Gasteiger partial charge in [-0.3, -0.25) is 4.79 Å². The van der Waals surface area contributed by atoms with Crippen LogP contribution >= 0.6 is 11.6 Å². The molecule has 0 spiro atoms. The van der Waals surface area contributed by atoms with Crippen LogP contribution in [0.25, 0.3) is 0 Å². The van der Waals surface area contributed by atoms with E-state index in [1.54, 1.807) is 18.2 Å². The van der Waals surface area contributed by atoms with Crippen molar-refractivity contribution in [3.63, 3.8) is 0 Å². The van der Waals surface area contributed by atoms with Gasteiger partial charge in [0.15, 0.2) is 0 Å². The number of aryl methyl sites for hydroxylation is 2. The molecule has 1 aliphatic rings. The minimum absolute atomic E-state index is 0.0190. The van der Waals surface area contributed by atoms with Gasteiger partial charge in [-0.15, -0.1) is 0 Å². The lowest BCUT2D eigenvalue weighted by Gasteiger charge is -2.27. The number of nitrogens with one attached hydrogen (secondary N) is 1. The van der Waals surface area contributed by atoms with Crippen LogP contribution in [0.2, 0.25) is 5.02 Å². The van der Waals surface area contributed by atoms with Crippen molar-refractivity contribution in [1.82, 2.24) is 5.32 Å². The Bertz CT molecular complexity index is 727. The van der Waals surface area contributed by atoms with Gasteiger partial charge in [0.2, 0.25) is 0 Å². The van der Waals surface area contributed by atoms with Crippen molar-refractivity contribution in [1.29, 1.82) is 0 Å². The molecule has 0 aliphatic heterocycles. The van der Waals surface area contributed by atoms with Gasteiger partial charge in [-0.05, 0) is 49.4 Å². The van der Waals surface area contributed by atoms with E-state index in [0.717, 1.165) is 19.3 Å². The average molecular weight is 316 g/mol. The van der Waals surface area contributed by atoms with Gasteiger partial charge in [0.05, 0.1) is 16.6 Å². The maximum absolute atomic E-state index is 12.5. The van der Waals surface area contributed by atoms with Gasteiger partial charge in [-0.25, -0.2) is 0 Å². The fourth-order valence-electron chi connectivity index (χ4n) is 3.00. The molecule has 0 radical (unpaired) electrons. The van der Waals surface area contributed by atoms with Crippen LogP contribution in [0.1, 0.15) is 45.9 Å². The summed E-state index contributed by atoms with van der Waals surface area (Å²) < 4.78 is 0. The molecule has 2 aromatic rings. The molecule has 0 fully saturated rings. The van der Waals surface area contributed by atoms with E-state index in [0.29, 0.717) is 0 Å². The van der Waals surface area contributed by atoms with Crippen LogP contribution < -0.4 is 5.32 Å². The van der Waals surface area contributed by atoms with Crippen molar-refractivity contribution >= 4 is 17.5 Å². The molecule has 114 valence electrons. The zero-order valence-electron chi connectivity index (χ0n) is 12.4. The number of halogens is 1. The molecule has 0 bridgehead atoms. The molecule has 22 heavy (non-hydrogen) atoms. The lowest BCUT2D eigenvalue weighted by atomic mass is 9.86. The lowest BCUT2D eigenvalue weighted by Crippen LogP contribution is -2.31. The van der Waals surface area contributed by atoms with E-state index in [-0.39, 0.29) is 28.3 Å². The quantitative estimate of drug-likeness (QED) is 0.874. The van der Waals surface area contributed by atoms with Crippen molar-refractivity contribution < 1.29 is 9.90 Å². The second-order valence-electron chi connectivity index (χ2n) is 5.76. The van der Waals surface area contributed by atoms with Gasteiger partial charge in [-0.2, -0.15) is 0 Å². The molecule has 0 aromatic heterocycles. The summed E-state index contributed by atoms with van der Waals surface area (Å²) in [7, 11) is 0. The number of rotatable bonds is 2. The Labute approximate surface area is 134 Å². The zero-order chi connectivity index (χ0) is 15.7. The summed E-state index contributed by atoms with van der Waals surface area (Å²) in [5.41, 5.74) is 3.87. The molecule has 0 heterocycles. The van der Waals surface area contributed by atoms with E-state index in [4.69, 9.17) is 11.6 Å². The fourth-order valence-corrected chi connectivity index (χ4v) is 3.18. The summed E-state index contributed by atoms with van der Waals surface area (Å²) in [6.07, 6.45) is 3.00.